The van der Waals surface area contributed by atoms with Gasteiger partial charge in [0.05, 0.1) is 27.8 Å². The van der Waals surface area contributed by atoms with Crippen molar-refractivity contribution in [2.24, 2.45) is 0 Å². The zero-order valence-corrected chi connectivity index (χ0v) is 50.2. The van der Waals surface area contributed by atoms with Gasteiger partial charge in [-0.05, 0) is 155 Å². The molecule has 78 heavy (non-hydrogen) atoms. The van der Waals surface area contributed by atoms with Crippen molar-refractivity contribution >= 4 is 83.8 Å². The molecule has 394 valence electrons. The van der Waals surface area contributed by atoms with Gasteiger partial charge in [0, 0.05) is 55.1 Å². The molecule has 0 unspecified atom stereocenters. The third kappa shape index (κ3) is 7.22. The molecule has 0 bridgehead atoms. The number of anilines is 3. The fraction of sp³-hybridized carbons (Fsp3) is 0.351. The van der Waals surface area contributed by atoms with E-state index in [2.05, 4.69) is 285 Å². The number of fused-ring (bicyclic) bond motifs is 12. The highest BCUT2D eigenvalue weighted by molar-refractivity contribution is 6.99. The van der Waals surface area contributed by atoms with Gasteiger partial charge in [-0.3, -0.25) is 0 Å². The smallest absolute Gasteiger partial charge is 0.247 e. The van der Waals surface area contributed by atoms with Crippen molar-refractivity contribution in [2.75, 3.05) is 4.90 Å². The van der Waals surface area contributed by atoms with E-state index in [1.54, 1.807) is 0 Å². The van der Waals surface area contributed by atoms with E-state index in [1.165, 1.54) is 139 Å². The molecular formula is C74H80BN3. The maximum Gasteiger partial charge on any atom is 0.247 e. The molecule has 0 saturated carbocycles. The molecule has 3 aliphatic heterocycles. The maximum atomic E-state index is 2.69. The quantitative estimate of drug-likeness (QED) is 0.157. The standard InChI is InChI=1S/C74H80BN3/c1-68(2,3)43-25-29-49(30-26-43)77-64-42-63-51(50-33-44(69(4,5)6)27-31-60(50)76(63)48-23-21-20-22-24-48)40-59(64)75-58-39-52-53-34-46(71(10,11)12)37-57-67(53)78(61-32-28-45(70(7,8)9)35-55(61)74(57,18)19)62(52)41-54(58)73(16,17)56-36-47(72(13,14)15)38-65(77)66(56)75/h20-42H,1-19H3. The van der Waals surface area contributed by atoms with Crippen LogP contribution >= 0.6 is 0 Å². The molecule has 13 rings (SSSR count). The third-order valence-corrected chi connectivity index (χ3v) is 18.9. The van der Waals surface area contributed by atoms with E-state index in [0.29, 0.717) is 0 Å². The molecule has 0 radical (unpaired) electrons. The van der Waals surface area contributed by atoms with Crippen LogP contribution in [0, 0.1) is 0 Å². The normalized spacial score (nSPS) is 15.8. The van der Waals surface area contributed by atoms with Gasteiger partial charge >= 0.3 is 0 Å². The Bertz CT molecular complexity index is 4190. The number of para-hydroxylation sites is 1. The van der Waals surface area contributed by atoms with E-state index in [-0.39, 0.29) is 44.6 Å². The minimum Gasteiger partial charge on any atom is -0.311 e. The molecule has 0 spiro atoms. The average Bonchev–Trinajstić information content (AvgIpc) is 2.45. The Kier molecular flexibility index (Phi) is 10.4. The summed E-state index contributed by atoms with van der Waals surface area (Å²) in [6.45, 7) is 45.3. The molecule has 0 fully saturated rings. The zero-order chi connectivity index (χ0) is 55.5. The minimum atomic E-state index is -0.345. The second-order valence-electron chi connectivity index (χ2n) is 30.0. The summed E-state index contributed by atoms with van der Waals surface area (Å²) in [5.41, 5.74) is 27.3. The summed E-state index contributed by atoms with van der Waals surface area (Å²) >= 11 is 0. The van der Waals surface area contributed by atoms with E-state index >= 15 is 0 Å². The van der Waals surface area contributed by atoms with Crippen molar-refractivity contribution < 1.29 is 0 Å². The Labute approximate surface area is 465 Å². The Balaban J connectivity index is 1.20. The third-order valence-electron chi connectivity index (χ3n) is 18.9. The number of nitrogens with zero attached hydrogens (tertiary/aromatic N) is 3. The van der Waals surface area contributed by atoms with Crippen LogP contribution in [0.1, 0.15) is 182 Å². The van der Waals surface area contributed by atoms with Crippen LogP contribution in [0.2, 0.25) is 0 Å². The number of benzene rings is 8. The summed E-state index contributed by atoms with van der Waals surface area (Å²) in [4.78, 5) is 2.65. The van der Waals surface area contributed by atoms with E-state index in [1.807, 2.05) is 0 Å². The van der Waals surface area contributed by atoms with Gasteiger partial charge in [-0.15, -0.1) is 0 Å². The van der Waals surface area contributed by atoms with Crippen molar-refractivity contribution in [3.05, 3.63) is 190 Å². The predicted molar refractivity (Wildman–Crippen MR) is 339 cm³/mol. The van der Waals surface area contributed by atoms with Gasteiger partial charge in [-0.1, -0.05) is 210 Å². The Morgan fingerprint density at radius 1 is 0.333 bits per heavy atom. The summed E-state index contributed by atoms with van der Waals surface area (Å²) < 4.78 is 5.20. The van der Waals surface area contributed by atoms with E-state index in [0.717, 1.165) is 0 Å². The molecule has 3 aliphatic rings. The van der Waals surface area contributed by atoms with Crippen LogP contribution in [-0.2, 0) is 37.9 Å². The minimum absolute atomic E-state index is 0.0184. The van der Waals surface area contributed by atoms with Crippen LogP contribution in [0.15, 0.2) is 140 Å². The van der Waals surface area contributed by atoms with Crippen molar-refractivity contribution in [1.82, 2.24) is 9.13 Å². The molecule has 5 heterocycles. The monoisotopic (exact) mass is 1020 g/mol. The number of hydrogen-bond acceptors (Lipinski definition) is 1. The van der Waals surface area contributed by atoms with Gasteiger partial charge in [0.1, 0.15) is 0 Å². The summed E-state index contributed by atoms with van der Waals surface area (Å²) in [6.07, 6.45) is 0. The van der Waals surface area contributed by atoms with Crippen LogP contribution in [0.25, 0.3) is 55.0 Å². The SMILES string of the molecule is CC(C)(C)c1ccc(N2c3cc4c(cc3B3c5cc6c7cc(C(C)(C)C)cc8c7n(c6cc5C(C)(C)c5cc(C(C)(C)C)cc2c53)-c2ccc(C(C)(C)C)cc2C8(C)C)c2cc(C(C)(C)C)ccc2n4-c2ccccc2)cc1. The molecule has 10 aromatic rings. The molecular weight excluding hydrogens is 942 g/mol. The second kappa shape index (κ2) is 16.0. The molecule has 3 nitrogen and oxygen atoms in total. The van der Waals surface area contributed by atoms with Crippen molar-refractivity contribution in [2.45, 2.75) is 169 Å². The first-order valence-electron chi connectivity index (χ1n) is 29.0. The lowest BCUT2D eigenvalue weighted by Crippen LogP contribution is -2.64. The molecule has 0 saturated heterocycles. The number of rotatable bonds is 2. The van der Waals surface area contributed by atoms with Crippen LogP contribution < -0.4 is 21.3 Å². The fourth-order valence-electron chi connectivity index (χ4n) is 14.0. The highest BCUT2D eigenvalue weighted by atomic mass is 15.2. The Morgan fingerprint density at radius 3 is 1.47 bits per heavy atom. The van der Waals surface area contributed by atoms with Crippen molar-refractivity contribution in [1.29, 1.82) is 0 Å². The van der Waals surface area contributed by atoms with Gasteiger partial charge in [0.2, 0.25) is 6.71 Å². The summed E-state index contributed by atoms with van der Waals surface area (Å²) in [5.74, 6) is 0. The van der Waals surface area contributed by atoms with Crippen LogP contribution in [0.4, 0.5) is 17.1 Å². The van der Waals surface area contributed by atoms with Crippen LogP contribution in [0.5, 0.6) is 0 Å². The zero-order valence-electron chi connectivity index (χ0n) is 50.2. The van der Waals surface area contributed by atoms with Gasteiger partial charge < -0.3 is 14.0 Å². The van der Waals surface area contributed by atoms with E-state index < -0.39 is 0 Å². The lowest BCUT2D eigenvalue weighted by Gasteiger charge is -2.46. The largest absolute Gasteiger partial charge is 0.311 e. The lowest BCUT2D eigenvalue weighted by atomic mass is 9.30. The number of hydrogen-bond donors (Lipinski definition) is 0. The first-order valence-corrected chi connectivity index (χ1v) is 29.0. The first-order chi connectivity index (χ1) is 36.3. The van der Waals surface area contributed by atoms with Gasteiger partial charge in [-0.2, -0.15) is 0 Å². The maximum absolute atomic E-state index is 2.69. The molecule has 0 N–H and O–H groups in total. The molecule has 4 heteroatoms. The Morgan fingerprint density at radius 2 is 0.833 bits per heavy atom. The van der Waals surface area contributed by atoms with Crippen LogP contribution in [0.3, 0.4) is 0 Å². The topological polar surface area (TPSA) is 13.1 Å². The molecule has 0 aliphatic carbocycles. The van der Waals surface area contributed by atoms with Gasteiger partial charge in [-0.25, -0.2) is 0 Å². The molecule has 0 atom stereocenters. The second-order valence-corrected chi connectivity index (χ2v) is 30.0. The van der Waals surface area contributed by atoms with Crippen molar-refractivity contribution in [3.63, 3.8) is 0 Å². The van der Waals surface area contributed by atoms with Crippen molar-refractivity contribution in [3.8, 4) is 11.4 Å². The number of aromatic nitrogens is 2. The summed E-state index contributed by atoms with van der Waals surface area (Å²) in [6, 6.07) is 56.0. The predicted octanol–water partition coefficient (Wildman–Crippen LogP) is 17.9. The highest BCUT2D eigenvalue weighted by Crippen LogP contribution is 2.52. The average molecular weight is 1020 g/mol. The van der Waals surface area contributed by atoms with Gasteiger partial charge in [0.25, 0.3) is 0 Å². The molecule has 8 aromatic carbocycles. The van der Waals surface area contributed by atoms with Crippen LogP contribution in [-0.4, -0.2) is 15.8 Å². The Hall–Kier alpha value is -6.78. The summed E-state index contributed by atoms with van der Waals surface area (Å²) in [7, 11) is 0. The summed E-state index contributed by atoms with van der Waals surface area (Å²) in [5, 5.41) is 5.28. The fourth-order valence-corrected chi connectivity index (χ4v) is 14.0. The molecule has 0 amide bonds. The first kappa shape index (κ1) is 50.7. The highest BCUT2D eigenvalue weighted by Gasteiger charge is 2.48. The van der Waals surface area contributed by atoms with E-state index in [4.69, 9.17) is 0 Å². The molecule has 2 aromatic heterocycles. The van der Waals surface area contributed by atoms with Gasteiger partial charge in [0.15, 0.2) is 0 Å². The lowest BCUT2D eigenvalue weighted by molar-refractivity contribution is 0.573. The van der Waals surface area contributed by atoms with E-state index in [9.17, 15) is 0 Å².